The maximum Gasteiger partial charge on any atom is 0.173 e. The molecule has 0 spiro atoms. The summed E-state index contributed by atoms with van der Waals surface area (Å²) in [7, 11) is 0. The van der Waals surface area contributed by atoms with Gasteiger partial charge in [0.2, 0.25) is 0 Å². The second-order valence-electron chi connectivity index (χ2n) is 4.98. The van der Waals surface area contributed by atoms with E-state index in [0.717, 1.165) is 23.3 Å². The van der Waals surface area contributed by atoms with Crippen molar-refractivity contribution < 1.29 is 4.79 Å². The molecule has 1 nitrogen and oxygen atoms in total. The van der Waals surface area contributed by atoms with Gasteiger partial charge in [-0.1, -0.05) is 55.3 Å². The molecule has 2 aromatic carbocycles. The lowest BCUT2D eigenvalue weighted by molar-refractivity contribution is 0.102. The number of aryl methyl sites for hydroxylation is 2. The predicted octanol–water partition coefficient (Wildman–Crippen LogP) is 4.92. The van der Waals surface area contributed by atoms with Crippen LogP contribution in [-0.2, 0) is 6.42 Å². The van der Waals surface area contributed by atoms with Gasteiger partial charge in [0.05, 0.1) is 5.75 Å². The van der Waals surface area contributed by atoms with Gasteiger partial charge < -0.3 is 0 Å². The molecule has 0 N–H and O–H groups in total. The first kappa shape index (κ1) is 14.9. The van der Waals surface area contributed by atoms with E-state index in [2.05, 4.69) is 44.2 Å². The Morgan fingerprint density at radius 2 is 1.85 bits per heavy atom. The molecule has 2 rings (SSSR count). The fourth-order valence-electron chi connectivity index (χ4n) is 2.08. The van der Waals surface area contributed by atoms with Crippen molar-refractivity contribution >= 4 is 17.5 Å². The van der Waals surface area contributed by atoms with Gasteiger partial charge in [-0.3, -0.25) is 4.79 Å². The molecule has 0 unspecified atom stereocenters. The Labute approximate surface area is 125 Å². The van der Waals surface area contributed by atoms with Gasteiger partial charge in [0.15, 0.2) is 5.78 Å². The Morgan fingerprint density at radius 3 is 2.50 bits per heavy atom. The smallest absolute Gasteiger partial charge is 0.173 e. The van der Waals surface area contributed by atoms with Crippen molar-refractivity contribution in [2.24, 2.45) is 0 Å². The molecule has 2 heteroatoms. The molecule has 0 heterocycles. The zero-order valence-corrected chi connectivity index (χ0v) is 12.9. The van der Waals surface area contributed by atoms with Crippen molar-refractivity contribution in [2.75, 3.05) is 5.75 Å². The van der Waals surface area contributed by atoms with Crippen LogP contribution in [0.3, 0.4) is 0 Å². The number of Topliss-reactive ketones (excluding diaryl/α,β-unsaturated/α-hetero) is 1. The predicted molar refractivity (Wildman–Crippen MR) is 86.7 cm³/mol. The molecular formula is C18H20OS. The highest BCUT2D eigenvalue weighted by molar-refractivity contribution is 8.00. The first-order chi connectivity index (χ1) is 9.69. The van der Waals surface area contributed by atoms with E-state index in [4.69, 9.17) is 0 Å². The first-order valence-corrected chi connectivity index (χ1v) is 7.99. The number of rotatable bonds is 6. The van der Waals surface area contributed by atoms with E-state index in [1.165, 1.54) is 11.1 Å². The number of carbonyl (C=O) groups excluding carboxylic acids is 1. The average Bonchev–Trinajstić information content (AvgIpc) is 2.46. The van der Waals surface area contributed by atoms with E-state index in [9.17, 15) is 4.79 Å². The maximum atomic E-state index is 12.2. The minimum Gasteiger partial charge on any atom is -0.293 e. The van der Waals surface area contributed by atoms with Crippen LogP contribution in [0, 0.1) is 6.92 Å². The summed E-state index contributed by atoms with van der Waals surface area (Å²) in [4.78, 5) is 13.3. The Hall–Kier alpha value is -1.54. The third kappa shape index (κ3) is 4.24. The second kappa shape index (κ2) is 7.30. The van der Waals surface area contributed by atoms with Crippen LogP contribution in [0.25, 0.3) is 0 Å². The molecule has 0 radical (unpaired) electrons. The fourth-order valence-corrected chi connectivity index (χ4v) is 2.99. The summed E-state index contributed by atoms with van der Waals surface area (Å²) in [6, 6.07) is 16.3. The Kier molecular flexibility index (Phi) is 5.42. The number of thioether (sulfide) groups is 1. The largest absolute Gasteiger partial charge is 0.293 e. The van der Waals surface area contributed by atoms with E-state index in [1.54, 1.807) is 11.8 Å². The molecule has 0 aliphatic carbocycles. The van der Waals surface area contributed by atoms with Gasteiger partial charge in [-0.05, 0) is 31.0 Å². The summed E-state index contributed by atoms with van der Waals surface area (Å²) in [6.45, 7) is 4.23. The van der Waals surface area contributed by atoms with Gasteiger partial charge in [0.25, 0.3) is 0 Å². The van der Waals surface area contributed by atoms with Crippen LogP contribution in [-0.4, -0.2) is 11.5 Å². The lowest BCUT2D eigenvalue weighted by Crippen LogP contribution is -2.02. The number of hydrogen-bond donors (Lipinski definition) is 0. The van der Waals surface area contributed by atoms with Crippen LogP contribution in [0.2, 0.25) is 0 Å². The van der Waals surface area contributed by atoms with E-state index in [-0.39, 0.29) is 5.78 Å². The van der Waals surface area contributed by atoms with Gasteiger partial charge >= 0.3 is 0 Å². The van der Waals surface area contributed by atoms with Crippen molar-refractivity contribution in [1.82, 2.24) is 0 Å². The molecule has 0 bridgehead atoms. The molecule has 0 aliphatic rings. The molecule has 20 heavy (non-hydrogen) atoms. The van der Waals surface area contributed by atoms with Crippen molar-refractivity contribution in [3.05, 3.63) is 65.2 Å². The van der Waals surface area contributed by atoms with Crippen molar-refractivity contribution in [2.45, 2.75) is 31.6 Å². The molecule has 2 aromatic rings. The van der Waals surface area contributed by atoms with Crippen molar-refractivity contribution in [1.29, 1.82) is 0 Å². The highest BCUT2D eigenvalue weighted by Gasteiger charge is 2.06. The summed E-state index contributed by atoms with van der Waals surface area (Å²) in [5, 5.41) is 0. The van der Waals surface area contributed by atoms with E-state index < -0.39 is 0 Å². The van der Waals surface area contributed by atoms with Crippen LogP contribution in [0.4, 0.5) is 0 Å². The summed E-state index contributed by atoms with van der Waals surface area (Å²) in [5.41, 5.74) is 3.34. The van der Waals surface area contributed by atoms with Crippen LogP contribution < -0.4 is 0 Å². The molecule has 0 fully saturated rings. The molecule has 104 valence electrons. The van der Waals surface area contributed by atoms with Crippen LogP contribution >= 0.6 is 11.8 Å². The third-order valence-corrected chi connectivity index (χ3v) is 4.17. The SMILES string of the molecule is CCCc1ccc(C(=O)CSc2cccc(C)c2)cc1. The fraction of sp³-hybridized carbons (Fsp3) is 0.278. The van der Waals surface area contributed by atoms with Gasteiger partial charge in [-0.2, -0.15) is 0 Å². The molecule has 0 saturated heterocycles. The summed E-state index contributed by atoms with van der Waals surface area (Å²) in [5.74, 6) is 0.691. The van der Waals surface area contributed by atoms with Crippen LogP contribution in [0.15, 0.2) is 53.4 Å². The Bertz CT molecular complexity index is 572. The lowest BCUT2D eigenvalue weighted by atomic mass is 10.1. The van der Waals surface area contributed by atoms with Crippen molar-refractivity contribution in [3.8, 4) is 0 Å². The molecule has 0 saturated carbocycles. The molecule has 0 amide bonds. The molecule has 0 aliphatic heterocycles. The van der Waals surface area contributed by atoms with E-state index in [0.29, 0.717) is 5.75 Å². The average molecular weight is 284 g/mol. The van der Waals surface area contributed by atoms with Crippen molar-refractivity contribution in [3.63, 3.8) is 0 Å². The minimum absolute atomic E-state index is 0.194. The third-order valence-electron chi connectivity index (χ3n) is 3.17. The Balaban J connectivity index is 1.94. The van der Waals surface area contributed by atoms with Gasteiger partial charge in [0.1, 0.15) is 0 Å². The first-order valence-electron chi connectivity index (χ1n) is 7.00. The highest BCUT2D eigenvalue weighted by atomic mass is 32.2. The normalized spacial score (nSPS) is 10.5. The number of ketones is 1. The zero-order valence-electron chi connectivity index (χ0n) is 12.1. The summed E-state index contributed by atoms with van der Waals surface area (Å²) >= 11 is 1.60. The van der Waals surface area contributed by atoms with Gasteiger partial charge in [-0.25, -0.2) is 0 Å². The zero-order chi connectivity index (χ0) is 14.4. The summed E-state index contributed by atoms with van der Waals surface area (Å²) in [6.07, 6.45) is 2.21. The van der Waals surface area contributed by atoms with E-state index >= 15 is 0 Å². The van der Waals surface area contributed by atoms with E-state index in [1.807, 2.05) is 18.2 Å². The Morgan fingerprint density at radius 1 is 1.10 bits per heavy atom. The van der Waals surface area contributed by atoms with Gasteiger partial charge in [0, 0.05) is 10.5 Å². The number of benzene rings is 2. The molecule has 0 aromatic heterocycles. The second-order valence-corrected chi connectivity index (χ2v) is 6.02. The highest BCUT2D eigenvalue weighted by Crippen LogP contribution is 2.20. The quantitative estimate of drug-likeness (QED) is 0.553. The van der Waals surface area contributed by atoms with Crippen LogP contribution in [0.1, 0.15) is 34.8 Å². The topological polar surface area (TPSA) is 17.1 Å². The number of carbonyl (C=O) groups is 1. The standard InChI is InChI=1S/C18H20OS/c1-3-5-15-8-10-16(11-9-15)18(19)13-20-17-7-4-6-14(2)12-17/h4,6-12H,3,5,13H2,1-2H3. The molecule has 0 atom stereocenters. The minimum atomic E-state index is 0.194. The summed E-state index contributed by atoms with van der Waals surface area (Å²) < 4.78 is 0. The van der Waals surface area contributed by atoms with Crippen LogP contribution in [0.5, 0.6) is 0 Å². The maximum absolute atomic E-state index is 12.2. The number of hydrogen-bond acceptors (Lipinski definition) is 2. The molecular weight excluding hydrogens is 264 g/mol. The monoisotopic (exact) mass is 284 g/mol. The van der Waals surface area contributed by atoms with Gasteiger partial charge in [-0.15, -0.1) is 11.8 Å². The lowest BCUT2D eigenvalue weighted by Gasteiger charge is -2.04.